The van der Waals surface area contributed by atoms with Crippen LogP contribution in [-0.4, -0.2) is 24.6 Å². The van der Waals surface area contributed by atoms with Crippen LogP contribution >= 0.6 is 11.6 Å². The third-order valence-electron chi connectivity index (χ3n) is 8.04. The first-order chi connectivity index (χ1) is 20.8. The first-order valence-electron chi connectivity index (χ1n) is 14.0. The Balaban J connectivity index is 1.59. The highest BCUT2D eigenvalue weighted by molar-refractivity contribution is 6.36. The fourth-order valence-corrected chi connectivity index (χ4v) is 5.83. The van der Waals surface area contributed by atoms with Gasteiger partial charge in [-0.2, -0.15) is 8.78 Å². The number of allylic oxidation sites excluding steroid dienone is 2. The zero-order valence-corrected chi connectivity index (χ0v) is 25.4. The van der Waals surface area contributed by atoms with Gasteiger partial charge in [0.25, 0.3) is 5.92 Å². The van der Waals surface area contributed by atoms with Crippen LogP contribution in [0.3, 0.4) is 0 Å². The predicted molar refractivity (Wildman–Crippen MR) is 168 cm³/mol. The molecule has 0 amide bonds. The second-order valence-corrected chi connectivity index (χ2v) is 11.5. The lowest BCUT2D eigenvalue weighted by Crippen LogP contribution is -2.31. The number of aryl methyl sites for hydroxylation is 2. The van der Waals surface area contributed by atoms with E-state index in [1.807, 2.05) is 19.1 Å². The van der Waals surface area contributed by atoms with Gasteiger partial charge in [-0.3, -0.25) is 9.97 Å². The highest BCUT2D eigenvalue weighted by atomic mass is 35.5. The Hall–Kier alpha value is -4.27. The monoisotopic (exact) mass is 616 g/mol. The van der Waals surface area contributed by atoms with Gasteiger partial charge in [-0.25, -0.2) is 9.37 Å². The summed E-state index contributed by atoms with van der Waals surface area (Å²) < 4.78 is 44.8. The van der Waals surface area contributed by atoms with Gasteiger partial charge in [0.05, 0.1) is 28.8 Å². The average molecular weight is 617 g/mol. The lowest BCUT2D eigenvalue weighted by molar-refractivity contribution is 0.0125. The Labute approximate surface area is 259 Å². The molecular weight excluding hydrogens is 585 g/mol. The molecule has 5 nitrogen and oxygen atoms in total. The Bertz CT molecular complexity index is 1850. The van der Waals surface area contributed by atoms with E-state index in [1.54, 1.807) is 48.3 Å². The van der Waals surface area contributed by atoms with Crippen molar-refractivity contribution in [3.05, 3.63) is 149 Å². The van der Waals surface area contributed by atoms with E-state index in [9.17, 15) is 13.9 Å². The molecule has 226 valence electrons. The molecule has 9 heteroatoms. The van der Waals surface area contributed by atoms with Gasteiger partial charge in [0.15, 0.2) is 11.3 Å². The van der Waals surface area contributed by atoms with Crippen LogP contribution < -0.4 is 0 Å². The molecule has 3 aromatic heterocycles. The van der Waals surface area contributed by atoms with Crippen molar-refractivity contribution in [1.82, 2.24) is 19.5 Å². The fourth-order valence-electron chi connectivity index (χ4n) is 5.48. The summed E-state index contributed by atoms with van der Waals surface area (Å²) in [5, 5.41) is 13.4. The lowest BCUT2D eigenvalue weighted by atomic mass is 9.83. The summed E-state index contributed by atoms with van der Waals surface area (Å²) >= 11 is 7.04. The molecule has 0 aliphatic carbocycles. The number of alkyl halides is 3. The average Bonchev–Trinajstić information content (AvgIpc) is 3.45. The van der Waals surface area contributed by atoms with Crippen molar-refractivity contribution in [3.63, 3.8) is 0 Å². The number of pyridine rings is 2. The molecule has 0 spiro atoms. The van der Waals surface area contributed by atoms with Crippen LogP contribution in [0, 0.1) is 6.92 Å². The maximum atomic E-state index is 15.3. The van der Waals surface area contributed by atoms with Gasteiger partial charge >= 0.3 is 0 Å². The molecule has 0 radical (unpaired) electrons. The summed E-state index contributed by atoms with van der Waals surface area (Å²) in [6.45, 7) is 9.94. The summed E-state index contributed by atoms with van der Waals surface area (Å²) in [6.07, 6.45) is 7.68. The van der Waals surface area contributed by atoms with Crippen LogP contribution in [0.5, 0.6) is 0 Å². The third-order valence-corrected chi connectivity index (χ3v) is 8.47. The number of nitrogens with zero attached hydrogens (tertiary/aromatic N) is 4. The molecule has 0 saturated carbocycles. The van der Waals surface area contributed by atoms with E-state index in [2.05, 4.69) is 23.1 Å². The zero-order valence-electron chi connectivity index (χ0n) is 24.7. The number of rotatable bonds is 10. The highest BCUT2D eigenvalue weighted by Crippen LogP contribution is 2.40. The number of hydrogen-bond donors (Lipinski definition) is 1. The van der Waals surface area contributed by atoms with Crippen LogP contribution in [0.2, 0.25) is 5.02 Å². The smallest absolute Gasteiger partial charge is 0.286 e. The molecule has 0 fully saturated rings. The lowest BCUT2D eigenvalue weighted by Gasteiger charge is -2.30. The van der Waals surface area contributed by atoms with E-state index in [-0.39, 0.29) is 12.0 Å². The topological polar surface area (TPSA) is 63.8 Å². The van der Waals surface area contributed by atoms with Gasteiger partial charge in [0.2, 0.25) is 0 Å². The Morgan fingerprint density at radius 1 is 0.977 bits per heavy atom. The standard InChI is InChI=1S/C35H32ClF3N4O/c1-6-16-34(39,7-2)24-10-8-23(9-11-24)17-27-22(3)42-29-14-12-25(18-28(29)32(27)36)35(44,31-20-40-21-43(31)5)26-13-15-30(41-19-26)33(4,37)38/h6-15,18-21,44H,1-2,16-17H2,3-5H3. The van der Waals surface area contributed by atoms with E-state index in [4.69, 9.17) is 16.6 Å². The van der Waals surface area contributed by atoms with Crippen molar-refractivity contribution in [1.29, 1.82) is 0 Å². The number of benzene rings is 2. The van der Waals surface area contributed by atoms with E-state index < -0.39 is 22.9 Å². The van der Waals surface area contributed by atoms with Crippen molar-refractivity contribution < 1.29 is 18.3 Å². The van der Waals surface area contributed by atoms with Crippen LogP contribution in [-0.2, 0) is 30.7 Å². The van der Waals surface area contributed by atoms with Crippen LogP contribution in [0.15, 0.2) is 98.6 Å². The van der Waals surface area contributed by atoms with Gasteiger partial charge in [0.1, 0.15) is 5.69 Å². The molecule has 5 rings (SSSR count). The first-order valence-corrected chi connectivity index (χ1v) is 14.4. The second kappa shape index (κ2) is 11.7. The van der Waals surface area contributed by atoms with Gasteiger partial charge in [-0.1, -0.05) is 60.7 Å². The predicted octanol–water partition coefficient (Wildman–Crippen LogP) is 8.24. The number of fused-ring (bicyclic) bond motifs is 1. The quantitative estimate of drug-likeness (QED) is 0.161. The number of hydrogen-bond acceptors (Lipinski definition) is 4. The third kappa shape index (κ3) is 5.55. The molecule has 44 heavy (non-hydrogen) atoms. The van der Waals surface area contributed by atoms with Crippen LogP contribution in [0.25, 0.3) is 10.9 Å². The van der Waals surface area contributed by atoms with Crippen molar-refractivity contribution in [2.24, 2.45) is 7.05 Å². The van der Waals surface area contributed by atoms with Crippen molar-refractivity contribution in [3.8, 4) is 0 Å². The van der Waals surface area contributed by atoms with Gasteiger partial charge < -0.3 is 9.67 Å². The SMILES string of the molecule is C=CCC(F)(C=C)c1ccc(Cc2c(C)nc3ccc(C(O)(c4ccc(C(C)(F)F)nc4)c4cncn4C)cc3c2Cl)cc1. The molecule has 0 saturated heterocycles. The highest BCUT2D eigenvalue weighted by Gasteiger charge is 2.38. The van der Waals surface area contributed by atoms with Crippen LogP contribution in [0.1, 0.15) is 58.2 Å². The minimum Gasteiger partial charge on any atom is -0.374 e. The molecule has 2 aromatic carbocycles. The number of aromatic nitrogens is 4. The largest absolute Gasteiger partial charge is 0.374 e. The summed E-state index contributed by atoms with van der Waals surface area (Å²) in [6, 6.07) is 15.1. The number of imidazole rings is 1. The van der Waals surface area contributed by atoms with E-state index in [0.717, 1.165) is 23.7 Å². The molecule has 3 heterocycles. The van der Waals surface area contributed by atoms with Gasteiger partial charge in [-0.15, -0.1) is 6.58 Å². The van der Waals surface area contributed by atoms with E-state index >= 15 is 4.39 Å². The fraction of sp³-hybridized carbons (Fsp3) is 0.229. The van der Waals surface area contributed by atoms with E-state index in [0.29, 0.717) is 39.2 Å². The molecule has 0 aliphatic heterocycles. The minimum atomic E-state index is -3.13. The zero-order chi connectivity index (χ0) is 31.9. The molecule has 0 bridgehead atoms. The van der Waals surface area contributed by atoms with Gasteiger partial charge in [0, 0.05) is 49.7 Å². The summed E-state index contributed by atoms with van der Waals surface area (Å²) in [4.78, 5) is 12.9. The molecule has 1 N–H and O–H groups in total. The minimum absolute atomic E-state index is 0.119. The summed E-state index contributed by atoms with van der Waals surface area (Å²) in [7, 11) is 1.73. The summed E-state index contributed by atoms with van der Waals surface area (Å²) in [5.74, 6) is -3.13. The molecule has 5 aromatic rings. The Morgan fingerprint density at radius 2 is 1.66 bits per heavy atom. The second-order valence-electron chi connectivity index (χ2n) is 11.1. The van der Waals surface area contributed by atoms with E-state index in [1.165, 1.54) is 36.7 Å². The van der Waals surface area contributed by atoms with Crippen molar-refractivity contribution >= 4 is 22.5 Å². The van der Waals surface area contributed by atoms with Crippen molar-refractivity contribution in [2.45, 2.75) is 43.9 Å². The number of aliphatic hydroxyl groups is 1. The van der Waals surface area contributed by atoms with Crippen molar-refractivity contribution in [2.75, 3.05) is 0 Å². The molecule has 2 atom stereocenters. The summed E-state index contributed by atoms with van der Waals surface area (Å²) in [5.41, 5.74) is 0.752. The maximum Gasteiger partial charge on any atom is 0.286 e. The number of halogens is 4. The Kier molecular flexibility index (Phi) is 8.27. The normalized spacial score (nSPS) is 14.6. The first kappa shape index (κ1) is 31.2. The van der Waals surface area contributed by atoms with Gasteiger partial charge in [-0.05, 0) is 53.5 Å². The molecular formula is C35H32ClF3N4O. The molecule has 0 aliphatic rings. The molecule has 2 unspecified atom stereocenters. The van der Waals surface area contributed by atoms with Crippen LogP contribution in [0.4, 0.5) is 13.2 Å². The maximum absolute atomic E-state index is 15.3. The Morgan fingerprint density at radius 3 is 2.23 bits per heavy atom.